The van der Waals surface area contributed by atoms with E-state index in [-0.39, 0.29) is 12.6 Å². The van der Waals surface area contributed by atoms with Gasteiger partial charge in [0.1, 0.15) is 0 Å². The first-order chi connectivity index (χ1) is 7.99. The molecule has 1 unspecified atom stereocenters. The molecule has 0 saturated carbocycles. The molecule has 0 bridgehead atoms. The van der Waals surface area contributed by atoms with Crippen LogP contribution in [0, 0.1) is 0 Å². The Balaban J connectivity index is 4.40. The topological polar surface area (TPSA) is 58.2 Å². The Morgan fingerprint density at radius 1 is 1.17 bits per heavy atom. The molecule has 0 aliphatic rings. The van der Waals surface area contributed by atoms with Crippen molar-refractivity contribution in [3.8, 4) is 0 Å². The van der Waals surface area contributed by atoms with Gasteiger partial charge in [-0.3, -0.25) is 0 Å². The van der Waals surface area contributed by atoms with Gasteiger partial charge in [0.25, 0.3) is 0 Å². The van der Waals surface area contributed by atoms with E-state index in [1.165, 1.54) is 11.6 Å². The van der Waals surface area contributed by atoms with Gasteiger partial charge >= 0.3 is 12.3 Å². The minimum Gasteiger partial charge on any atom is -0.313 e. The minimum atomic E-state index is -4.36. The third-order valence-corrected chi connectivity index (χ3v) is 3.94. The average molecular weight is 294 g/mol. The number of rotatable bonds is 8. The van der Waals surface area contributed by atoms with Crippen LogP contribution in [0.2, 0.25) is 0 Å². The van der Waals surface area contributed by atoms with Gasteiger partial charge in [0, 0.05) is 12.6 Å². The average Bonchev–Trinajstić information content (AvgIpc) is 2.23. The van der Waals surface area contributed by atoms with E-state index in [4.69, 9.17) is 0 Å². The molecule has 0 spiro atoms. The first-order valence-electron chi connectivity index (χ1n) is 5.37. The highest BCUT2D eigenvalue weighted by Crippen LogP contribution is 2.21. The second-order valence-corrected chi connectivity index (χ2v) is 6.48. The fourth-order valence-electron chi connectivity index (χ4n) is 0.928. The SMILES string of the molecule is CC(C)NCC(C)S(=O)(=O)NCC(F)(F)C(F)F. The molecular formula is C9H18F4N2O2S. The zero-order valence-electron chi connectivity index (χ0n) is 10.4. The van der Waals surface area contributed by atoms with Gasteiger partial charge in [0.2, 0.25) is 10.0 Å². The summed E-state index contributed by atoms with van der Waals surface area (Å²) in [7, 11) is -4.05. The third-order valence-electron chi connectivity index (χ3n) is 2.17. The quantitative estimate of drug-likeness (QED) is 0.661. The molecule has 0 heterocycles. The Kier molecular flexibility index (Phi) is 6.52. The summed E-state index contributed by atoms with van der Waals surface area (Å²) in [5.74, 6) is -4.36. The molecule has 0 radical (unpaired) electrons. The molecule has 0 aliphatic carbocycles. The summed E-state index contributed by atoms with van der Waals surface area (Å²) in [5.41, 5.74) is 0. The summed E-state index contributed by atoms with van der Waals surface area (Å²) < 4.78 is 73.3. The van der Waals surface area contributed by atoms with Crippen molar-refractivity contribution in [1.82, 2.24) is 10.0 Å². The number of hydrogen-bond acceptors (Lipinski definition) is 3. The number of hydrogen-bond donors (Lipinski definition) is 2. The number of nitrogens with one attached hydrogen (secondary N) is 2. The molecule has 18 heavy (non-hydrogen) atoms. The molecular weight excluding hydrogens is 276 g/mol. The van der Waals surface area contributed by atoms with Crippen molar-refractivity contribution < 1.29 is 26.0 Å². The molecule has 0 amide bonds. The lowest BCUT2D eigenvalue weighted by Crippen LogP contribution is -2.46. The lowest BCUT2D eigenvalue weighted by atomic mass is 10.3. The van der Waals surface area contributed by atoms with E-state index in [9.17, 15) is 26.0 Å². The van der Waals surface area contributed by atoms with E-state index in [0.717, 1.165) is 0 Å². The first kappa shape index (κ1) is 17.6. The van der Waals surface area contributed by atoms with Crippen LogP contribution >= 0.6 is 0 Å². The molecule has 0 aliphatic heterocycles. The Morgan fingerprint density at radius 2 is 1.67 bits per heavy atom. The van der Waals surface area contributed by atoms with Crippen LogP contribution in [0.3, 0.4) is 0 Å². The fourth-order valence-corrected chi connectivity index (χ4v) is 1.92. The predicted octanol–water partition coefficient (Wildman–Crippen LogP) is 1.19. The third kappa shape index (κ3) is 5.96. The summed E-state index contributed by atoms with van der Waals surface area (Å²) in [6.07, 6.45) is -3.90. The maximum Gasteiger partial charge on any atom is 0.320 e. The molecule has 0 aromatic heterocycles. The van der Waals surface area contributed by atoms with Crippen LogP contribution in [0.25, 0.3) is 0 Å². The molecule has 0 rings (SSSR count). The maximum atomic E-state index is 12.6. The number of alkyl halides is 4. The van der Waals surface area contributed by atoms with E-state index >= 15 is 0 Å². The van der Waals surface area contributed by atoms with E-state index in [0.29, 0.717) is 0 Å². The molecule has 1 atom stereocenters. The first-order valence-corrected chi connectivity index (χ1v) is 6.91. The van der Waals surface area contributed by atoms with Crippen molar-refractivity contribution in [3.05, 3.63) is 0 Å². The number of halogens is 4. The standard InChI is InChI=1S/C9H18F4N2O2S/c1-6(2)14-4-7(3)18(16,17)15-5-9(12,13)8(10)11/h6-8,14-15H,4-5H2,1-3H3. The Morgan fingerprint density at radius 3 is 2.06 bits per heavy atom. The van der Waals surface area contributed by atoms with Crippen LogP contribution in [0.4, 0.5) is 17.6 Å². The highest BCUT2D eigenvalue weighted by Gasteiger charge is 2.41. The fraction of sp³-hybridized carbons (Fsp3) is 1.00. The Bertz CT molecular complexity index is 346. The zero-order chi connectivity index (χ0) is 14.6. The predicted molar refractivity (Wildman–Crippen MR) is 60.5 cm³/mol. The Hall–Kier alpha value is -0.410. The second-order valence-electron chi connectivity index (χ2n) is 4.30. The second kappa shape index (κ2) is 6.67. The lowest BCUT2D eigenvalue weighted by Gasteiger charge is -2.19. The molecule has 0 saturated heterocycles. The molecule has 0 aromatic rings. The molecule has 0 fully saturated rings. The van der Waals surface area contributed by atoms with E-state index < -0.39 is 34.2 Å². The summed E-state index contributed by atoms with van der Waals surface area (Å²) in [4.78, 5) is 0. The molecule has 4 nitrogen and oxygen atoms in total. The van der Waals surface area contributed by atoms with Crippen molar-refractivity contribution in [2.75, 3.05) is 13.1 Å². The molecule has 0 aromatic carbocycles. The van der Waals surface area contributed by atoms with Gasteiger partial charge in [0.05, 0.1) is 11.8 Å². The maximum absolute atomic E-state index is 12.6. The van der Waals surface area contributed by atoms with Gasteiger partial charge in [-0.25, -0.2) is 21.9 Å². The molecule has 110 valence electrons. The monoisotopic (exact) mass is 294 g/mol. The highest BCUT2D eigenvalue weighted by molar-refractivity contribution is 7.90. The summed E-state index contributed by atoms with van der Waals surface area (Å²) in [6, 6.07) is 0.0326. The smallest absolute Gasteiger partial charge is 0.313 e. The van der Waals surface area contributed by atoms with Gasteiger partial charge in [-0.1, -0.05) is 13.8 Å². The van der Waals surface area contributed by atoms with Crippen LogP contribution in [-0.2, 0) is 10.0 Å². The summed E-state index contributed by atoms with van der Waals surface area (Å²) >= 11 is 0. The van der Waals surface area contributed by atoms with Gasteiger partial charge < -0.3 is 5.32 Å². The van der Waals surface area contributed by atoms with Crippen molar-refractivity contribution >= 4 is 10.0 Å². The molecule has 9 heteroatoms. The lowest BCUT2D eigenvalue weighted by molar-refractivity contribution is -0.122. The van der Waals surface area contributed by atoms with Crippen LogP contribution < -0.4 is 10.0 Å². The largest absolute Gasteiger partial charge is 0.320 e. The summed E-state index contributed by atoms with van der Waals surface area (Å²) in [5, 5.41) is 1.82. The van der Waals surface area contributed by atoms with E-state index in [2.05, 4.69) is 5.32 Å². The van der Waals surface area contributed by atoms with Crippen LogP contribution in [0.15, 0.2) is 0 Å². The van der Waals surface area contributed by atoms with Gasteiger partial charge in [-0.2, -0.15) is 8.78 Å². The Labute approximate surface area is 104 Å². The van der Waals surface area contributed by atoms with E-state index in [1.54, 1.807) is 13.8 Å². The van der Waals surface area contributed by atoms with Gasteiger partial charge in [-0.05, 0) is 6.92 Å². The van der Waals surface area contributed by atoms with E-state index in [1.807, 2.05) is 0 Å². The van der Waals surface area contributed by atoms with Crippen molar-refractivity contribution in [2.45, 2.75) is 44.4 Å². The molecule has 2 N–H and O–H groups in total. The van der Waals surface area contributed by atoms with Crippen LogP contribution in [-0.4, -0.2) is 45.1 Å². The van der Waals surface area contributed by atoms with Gasteiger partial charge in [-0.15, -0.1) is 0 Å². The van der Waals surface area contributed by atoms with Crippen molar-refractivity contribution in [2.24, 2.45) is 0 Å². The number of sulfonamides is 1. The zero-order valence-corrected chi connectivity index (χ0v) is 11.2. The minimum absolute atomic E-state index is 0.0326. The van der Waals surface area contributed by atoms with Gasteiger partial charge in [0.15, 0.2) is 0 Å². The summed E-state index contributed by atoms with van der Waals surface area (Å²) in [6.45, 7) is 3.33. The highest BCUT2D eigenvalue weighted by atomic mass is 32.2. The van der Waals surface area contributed by atoms with Crippen molar-refractivity contribution in [3.63, 3.8) is 0 Å². The normalized spacial score (nSPS) is 15.4. The van der Waals surface area contributed by atoms with Crippen LogP contribution in [0.1, 0.15) is 20.8 Å². The van der Waals surface area contributed by atoms with Crippen LogP contribution in [0.5, 0.6) is 0 Å². The van der Waals surface area contributed by atoms with Crippen molar-refractivity contribution in [1.29, 1.82) is 0 Å².